The van der Waals surface area contributed by atoms with Crippen LogP contribution < -0.4 is 0 Å². The summed E-state index contributed by atoms with van der Waals surface area (Å²) in [5.41, 5.74) is -0.822. The first-order valence-electron chi connectivity index (χ1n) is 37.4. The first-order valence-corrected chi connectivity index (χ1v) is 48.8. The molecule has 103 heavy (non-hydrogen) atoms. The summed E-state index contributed by atoms with van der Waals surface area (Å²) in [6.07, 6.45) is 8.65. The van der Waals surface area contributed by atoms with Crippen LogP contribution in [0.3, 0.4) is 0 Å². The second-order valence-electron chi connectivity index (χ2n) is 33.9. The predicted octanol–water partition coefficient (Wildman–Crippen LogP) is 24.6. The molecule has 590 valence electrons. The van der Waals surface area contributed by atoms with Gasteiger partial charge in [-0.05, 0) is 105 Å². The minimum atomic E-state index is -4.61. The van der Waals surface area contributed by atoms with Crippen LogP contribution in [0, 0.1) is 60.2 Å². The summed E-state index contributed by atoms with van der Waals surface area (Å²) in [5.74, 6) is -6.72. The number of rotatable bonds is 18. The third-order valence-electron chi connectivity index (χ3n) is 22.4. The minimum absolute atomic E-state index is 0.0451. The van der Waals surface area contributed by atoms with Crippen LogP contribution in [0.5, 0.6) is 0 Å². The molecular formula is C80H132ClF6N2O9PS2Si2. The van der Waals surface area contributed by atoms with Gasteiger partial charge in [0.15, 0.2) is 28.5 Å². The number of Topliss-reactive ketones (excluding diaryl/α,β-unsaturated/α-hetero) is 3. The van der Waals surface area contributed by atoms with Crippen molar-refractivity contribution >= 4 is 91.9 Å². The van der Waals surface area contributed by atoms with E-state index in [2.05, 4.69) is 106 Å². The molecule has 0 radical (unpaired) electrons. The zero-order valence-electron chi connectivity index (χ0n) is 67.8. The average molecular weight is 1570 g/mol. The third-order valence-corrected chi connectivity index (χ3v) is 40.3. The zero-order chi connectivity index (χ0) is 79.5. The summed E-state index contributed by atoms with van der Waals surface area (Å²) in [6, 6.07) is 0. The van der Waals surface area contributed by atoms with Crippen LogP contribution in [0.4, 0.5) is 26.3 Å². The number of unbranched alkanes of at least 4 members (excludes halogenated alkanes) is 3. The van der Waals surface area contributed by atoms with Crippen LogP contribution >= 0.6 is 39.9 Å². The van der Waals surface area contributed by atoms with Crippen LogP contribution in [-0.2, 0) is 48.5 Å². The van der Waals surface area contributed by atoms with Crippen molar-refractivity contribution in [3.8, 4) is 0 Å². The summed E-state index contributed by atoms with van der Waals surface area (Å²) in [6.45, 7) is 53.0. The van der Waals surface area contributed by atoms with E-state index in [4.69, 9.17) is 34.6 Å². The maximum atomic E-state index is 14.2. The van der Waals surface area contributed by atoms with Gasteiger partial charge in [0.1, 0.15) is 17.7 Å². The van der Waals surface area contributed by atoms with E-state index < -0.39 is 123 Å². The fourth-order valence-electron chi connectivity index (χ4n) is 12.4. The number of thiazole rings is 2. The van der Waals surface area contributed by atoms with Gasteiger partial charge in [-0.15, -0.1) is 11.3 Å². The molecule has 0 N–H and O–H groups in total. The van der Waals surface area contributed by atoms with Gasteiger partial charge in [0.05, 0.1) is 22.9 Å². The Bertz CT molecular complexity index is 3220. The second kappa shape index (κ2) is 39.8. The van der Waals surface area contributed by atoms with Gasteiger partial charge in [0.25, 0.3) is 0 Å². The van der Waals surface area contributed by atoms with E-state index in [0.717, 1.165) is 23.3 Å². The molecule has 4 heterocycles. The number of alkyl halides is 6. The van der Waals surface area contributed by atoms with Crippen molar-refractivity contribution in [3.05, 3.63) is 85.3 Å². The van der Waals surface area contributed by atoms with Gasteiger partial charge in [-0.2, -0.15) is 26.3 Å². The normalized spacial score (nSPS) is 26.8. The van der Waals surface area contributed by atoms with E-state index in [1.165, 1.54) is 98.1 Å². The molecule has 11 nitrogen and oxygen atoms in total. The Morgan fingerprint density at radius 2 is 0.981 bits per heavy atom. The number of allylic oxidation sites excluding steroid dienone is 4. The van der Waals surface area contributed by atoms with Gasteiger partial charge in [-0.1, -0.05) is 147 Å². The van der Waals surface area contributed by atoms with Crippen LogP contribution in [0.15, 0.2) is 63.9 Å². The Labute approximate surface area is 632 Å². The topological polar surface area (TPSA) is 148 Å². The number of aryl methyl sites for hydroxylation is 2. The molecule has 0 bridgehead atoms. The summed E-state index contributed by atoms with van der Waals surface area (Å²) < 4.78 is 108. The molecule has 2 aliphatic heterocycles. The Balaban J connectivity index is 0.000000556. The molecular weight excluding hydrogens is 1430 g/mol. The molecule has 0 saturated carbocycles. The standard InChI is InChI=1S/C34H52F3NO4SSi.C29H47F3O5Si.C17H33ClNPS/c1-21-14-13-15-26(34(35,36)37)16-17-28(22(2)18-27-20-43-25(5)38-27)41-29(39)19-23(3)33(9,10)31(40)24(4)30(21)42-44(11,12)32(6,7)8;1-18-13-12-14-22(29(30,31)32)15-16-23(21(4)33)36-24(34)17-19(2)28(8,9)26(35)20(3)25(18)37-38(10,11)27(5,6)7;1-5-8-11-20(18,12-9-6-2,13-10-7-3)14-17-15-21-16(4)19-17/h13-14,16,18,20-21,23-24,28,30H,15,17,19H2,1-12H3;12-13,15,18-20,23,25H,14,16-17H2,1-11H3;15H,5-14H2,1-4H3/b14-13+,22-18+,26-16+;13-12+,22-15+;/t21-,23-,24+,28?,30-;18-,19-,20+,23?,25-;/m00./s1. The Kier molecular flexibility index (Phi) is 36.9. The van der Waals surface area contributed by atoms with Crippen molar-refractivity contribution in [1.82, 2.24) is 9.97 Å². The number of aromatic nitrogens is 2. The van der Waals surface area contributed by atoms with Gasteiger partial charge in [0, 0.05) is 64.9 Å². The van der Waals surface area contributed by atoms with Gasteiger partial charge in [-0.3, -0.25) is 24.0 Å². The van der Waals surface area contributed by atoms with E-state index in [1.54, 1.807) is 64.2 Å². The Hall–Kier alpha value is -3.44. The van der Waals surface area contributed by atoms with Crippen molar-refractivity contribution in [1.29, 1.82) is 0 Å². The third kappa shape index (κ3) is 29.5. The van der Waals surface area contributed by atoms with Crippen LogP contribution in [0.2, 0.25) is 36.3 Å². The number of ether oxygens (including phenoxy) is 2. The molecule has 0 aliphatic carbocycles. The van der Waals surface area contributed by atoms with E-state index >= 15 is 0 Å². The molecule has 0 saturated heterocycles. The maximum absolute atomic E-state index is 14.2. The fourth-order valence-corrected chi connectivity index (χ4v) is 23.5. The molecule has 10 atom stereocenters. The number of esters is 2. The molecule has 23 heteroatoms. The molecule has 2 aromatic rings. The number of carbonyl (C=O) groups is 5. The number of cyclic esters (lactones) is 2. The van der Waals surface area contributed by atoms with E-state index in [1.807, 2.05) is 53.8 Å². The summed E-state index contributed by atoms with van der Waals surface area (Å²) >= 11 is 10.8. The molecule has 4 rings (SSSR count). The number of ketones is 3. The van der Waals surface area contributed by atoms with Gasteiger partial charge < -0.3 is 18.3 Å². The average Bonchev–Trinajstić information content (AvgIpc) is 1.39. The quantitative estimate of drug-likeness (QED) is 0.0462. The van der Waals surface area contributed by atoms with Gasteiger partial charge in [0.2, 0.25) is 0 Å². The Morgan fingerprint density at radius 3 is 1.30 bits per heavy atom. The number of nitrogens with zero attached hydrogens (tertiary/aromatic N) is 2. The van der Waals surface area contributed by atoms with Gasteiger partial charge >= 0.3 is 165 Å². The van der Waals surface area contributed by atoms with Crippen molar-refractivity contribution in [2.45, 2.75) is 315 Å². The SMILES string of the molecule is C/C(=C\c1csc(C)n1)C1C/C=C(/C(F)(F)F)C/C=C/[C@H](C)[C@H](O[Si](C)(C)C(C)(C)C)[C@@H](C)C(=O)C(C)(C)[C@@H](C)CC(=O)O1.CC(=O)C1C/C=C(/C(F)(F)F)C/C=C/[C@H](C)[C@H](O[Si](C)(C)C(C)(C)C)[C@@H](C)C(=O)C(C)(C)[C@@H](C)CC(=O)O1.CCCCP(Cl)(CCCC)(CCCC)Cc1csc(C)n1. The van der Waals surface area contributed by atoms with Gasteiger partial charge in [-0.25, -0.2) is 4.98 Å². The van der Waals surface area contributed by atoms with Crippen molar-refractivity contribution in [3.63, 3.8) is 0 Å². The first kappa shape index (κ1) is 95.6. The first-order chi connectivity index (χ1) is 46.9. The summed E-state index contributed by atoms with van der Waals surface area (Å²) in [7, 11) is -4.70. The molecule has 2 aromatic heterocycles. The van der Waals surface area contributed by atoms with Crippen molar-refractivity contribution in [2.24, 2.45) is 46.3 Å². The molecule has 0 spiro atoms. The molecule has 0 fully saturated rings. The monoisotopic (exact) mass is 1560 g/mol. The van der Waals surface area contributed by atoms with Crippen LogP contribution in [-0.4, -0.2) is 111 Å². The van der Waals surface area contributed by atoms with E-state index in [-0.39, 0.29) is 71.5 Å². The molecule has 2 unspecified atom stereocenters. The summed E-state index contributed by atoms with van der Waals surface area (Å²) in [4.78, 5) is 75.2. The second-order valence-corrected chi connectivity index (χ2v) is 53.7. The molecule has 0 amide bonds. The van der Waals surface area contributed by atoms with Crippen LogP contribution in [0.1, 0.15) is 244 Å². The fraction of sp³-hybridized carbons (Fsp3) is 0.738. The Morgan fingerprint density at radius 1 is 0.621 bits per heavy atom. The van der Waals surface area contributed by atoms with Crippen molar-refractivity contribution < 1.29 is 68.6 Å². The molecule has 0 aromatic carbocycles. The zero-order valence-corrected chi connectivity index (χ0v) is 73.0. The predicted molar refractivity (Wildman–Crippen MR) is 425 cm³/mol. The van der Waals surface area contributed by atoms with E-state index in [0.29, 0.717) is 11.3 Å². The van der Waals surface area contributed by atoms with Crippen LogP contribution in [0.25, 0.3) is 6.08 Å². The number of carbonyl (C=O) groups excluding carboxylic acids is 5. The number of hydrogen-bond acceptors (Lipinski definition) is 13. The number of halogens is 7. The number of hydrogen-bond donors (Lipinski definition) is 0. The van der Waals surface area contributed by atoms with Crippen molar-refractivity contribution in [2.75, 3.05) is 18.5 Å². The van der Waals surface area contributed by atoms with E-state index in [9.17, 15) is 50.3 Å². The summed E-state index contributed by atoms with van der Waals surface area (Å²) in [5, 5.41) is 5.84. The molecule has 2 aliphatic rings.